The largest absolute Gasteiger partial charge is 0.339 e. The molecule has 2 saturated heterocycles. The third-order valence-corrected chi connectivity index (χ3v) is 6.06. The van der Waals surface area contributed by atoms with Crippen molar-refractivity contribution >= 4 is 11.8 Å². The first-order valence-electron chi connectivity index (χ1n) is 9.13. The number of rotatable bonds is 2. The van der Waals surface area contributed by atoms with Gasteiger partial charge in [0.05, 0.1) is 0 Å². The molecule has 1 aromatic rings. The molecule has 1 spiro atoms. The number of piperazine rings is 1. The van der Waals surface area contributed by atoms with Crippen LogP contribution in [-0.4, -0.2) is 60.9 Å². The molecule has 1 atom stereocenters. The van der Waals surface area contributed by atoms with Crippen LogP contribution in [0.25, 0.3) is 0 Å². The van der Waals surface area contributed by atoms with Crippen LogP contribution in [-0.2, 0) is 4.79 Å². The van der Waals surface area contributed by atoms with Crippen molar-refractivity contribution in [1.82, 2.24) is 15.1 Å². The summed E-state index contributed by atoms with van der Waals surface area (Å²) < 4.78 is 13.0. The molecular weight excluding hydrogens is 321 g/mol. The Bertz CT molecular complexity index is 662. The van der Waals surface area contributed by atoms with Crippen molar-refractivity contribution in [3.8, 4) is 0 Å². The van der Waals surface area contributed by atoms with E-state index in [-0.39, 0.29) is 29.0 Å². The molecule has 0 aromatic heterocycles. The molecule has 25 heavy (non-hydrogen) atoms. The number of carbonyl (C=O) groups excluding carboxylic acids is 2. The van der Waals surface area contributed by atoms with Crippen LogP contribution in [0.1, 0.15) is 29.6 Å². The number of nitrogens with one attached hydrogen (secondary N) is 1. The summed E-state index contributed by atoms with van der Waals surface area (Å²) in [4.78, 5) is 28.9. The van der Waals surface area contributed by atoms with Gasteiger partial charge in [0.25, 0.3) is 5.91 Å². The van der Waals surface area contributed by atoms with E-state index in [2.05, 4.69) is 5.32 Å². The maximum Gasteiger partial charge on any atom is 0.253 e. The molecule has 2 aliphatic heterocycles. The molecule has 1 aromatic carbocycles. The first-order chi connectivity index (χ1) is 12.1. The van der Waals surface area contributed by atoms with Crippen molar-refractivity contribution in [2.24, 2.45) is 11.3 Å². The summed E-state index contributed by atoms with van der Waals surface area (Å²) in [6, 6.07) is 5.64. The van der Waals surface area contributed by atoms with E-state index in [0.717, 1.165) is 32.4 Å². The van der Waals surface area contributed by atoms with Gasteiger partial charge in [-0.1, -0.05) is 0 Å². The van der Waals surface area contributed by atoms with E-state index in [9.17, 15) is 14.0 Å². The molecule has 0 bridgehead atoms. The monoisotopic (exact) mass is 345 g/mol. The van der Waals surface area contributed by atoms with Gasteiger partial charge >= 0.3 is 0 Å². The summed E-state index contributed by atoms with van der Waals surface area (Å²) in [5.41, 5.74) is 0.751. The fraction of sp³-hybridized carbons (Fsp3) is 0.579. The van der Waals surface area contributed by atoms with Crippen LogP contribution in [0.15, 0.2) is 24.3 Å². The second-order valence-corrected chi connectivity index (χ2v) is 7.49. The van der Waals surface area contributed by atoms with Gasteiger partial charge in [0.1, 0.15) is 5.82 Å². The number of nitrogens with zero attached hydrogens (tertiary/aromatic N) is 2. The van der Waals surface area contributed by atoms with Gasteiger partial charge in [0, 0.05) is 37.7 Å². The van der Waals surface area contributed by atoms with Crippen LogP contribution in [0.5, 0.6) is 0 Å². The second-order valence-electron chi connectivity index (χ2n) is 7.49. The van der Waals surface area contributed by atoms with E-state index in [1.807, 2.05) is 4.90 Å². The topological polar surface area (TPSA) is 52.7 Å². The normalized spacial score (nSPS) is 25.1. The number of amides is 2. The Morgan fingerprint density at radius 3 is 2.24 bits per heavy atom. The zero-order chi connectivity index (χ0) is 17.4. The molecule has 3 aliphatic rings. The highest BCUT2D eigenvalue weighted by atomic mass is 19.1. The predicted octanol–water partition coefficient (Wildman–Crippen LogP) is 1.50. The standard InChI is InChI=1S/C19H24FN3O2/c20-15-3-1-14(2-4-15)17(24)22-9-11-23(12-10-22)18(25)16-13-19(16)5-7-21-8-6-19/h1-4,16,21H,5-13H2. The van der Waals surface area contributed by atoms with Crippen LogP contribution >= 0.6 is 0 Å². The number of benzene rings is 1. The number of carbonyl (C=O) groups is 2. The Hall–Kier alpha value is -1.95. The van der Waals surface area contributed by atoms with Crippen LogP contribution < -0.4 is 5.32 Å². The average Bonchev–Trinajstić information content (AvgIpc) is 3.34. The highest BCUT2D eigenvalue weighted by Gasteiger charge is 2.58. The van der Waals surface area contributed by atoms with Crippen LogP contribution in [0.2, 0.25) is 0 Å². The lowest BCUT2D eigenvalue weighted by Gasteiger charge is -2.35. The Morgan fingerprint density at radius 1 is 1.00 bits per heavy atom. The van der Waals surface area contributed by atoms with Gasteiger partial charge in [-0.3, -0.25) is 9.59 Å². The third kappa shape index (κ3) is 3.15. The van der Waals surface area contributed by atoms with Gasteiger partial charge in [0.15, 0.2) is 0 Å². The van der Waals surface area contributed by atoms with Gasteiger partial charge in [-0.15, -0.1) is 0 Å². The summed E-state index contributed by atoms with van der Waals surface area (Å²) >= 11 is 0. The summed E-state index contributed by atoms with van der Waals surface area (Å²) in [6.07, 6.45) is 3.24. The van der Waals surface area contributed by atoms with Crippen molar-refractivity contribution in [3.05, 3.63) is 35.6 Å². The smallest absolute Gasteiger partial charge is 0.253 e. The fourth-order valence-electron chi connectivity index (χ4n) is 4.30. The van der Waals surface area contributed by atoms with E-state index in [0.29, 0.717) is 31.7 Å². The minimum Gasteiger partial charge on any atom is -0.339 e. The fourth-order valence-corrected chi connectivity index (χ4v) is 4.30. The Balaban J connectivity index is 1.32. The Morgan fingerprint density at radius 2 is 1.60 bits per heavy atom. The minimum atomic E-state index is -0.344. The maximum absolute atomic E-state index is 13.0. The highest BCUT2D eigenvalue weighted by molar-refractivity contribution is 5.94. The molecule has 3 fully saturated rings. The van der Waals surface area contributed by atoms with Crippen LogP contribution in [0.3, 0.4) is 0 Å². The Kier molecular flexibility index (Phi) is 4.23. The molecule has 1 N–H and O–H groups in total. The molecule has 1 saturated carbocycles. The van der Waals surface area contributed by atoms with Gasteiger partial charge in [-0.25, -0.2) is 4.39 Å². The van der Waals surface area contributed by atoms with E-state index in [1.165, 1.54) is 24.3 Å². The van der Waals surface area contributed by atoms with Crippen molar-refractivity contribution in [1.29, 1.82) is 0 Å². The zero-order valence-corrected chi connectivity index (χ0v) is 14.3. The van der Waals surface area contributed by atoms with E-state index in [4.69, 9.17) is 0 Å². The van der Waals surface area contributed by atoms with Crippen LogP contribution in [0.4, 0.5) is 4.39 Å². The van der Waals surface area contributed by atoms with Gasteiger partial charge in [0.2, 0.25) is 5.91 Å². The summed E-state index contributed by atoms with van der Waals surface area (Å²) in [5.74, 6) is 0.0290. The van der Waals surface area contributed by atoms with Gasteiger partial charge in [-0.05, 0) is 62.0 Å². The predicted molar refractivity (Wildman–Crippen MR) is 91.5 cm³/mol. The molecule has 1 unspecified atom stereocenters. The van der Waals surface area contributed by atoms with Gasteiger partial charge < -0.3 is 15.1 Å². The number of piperidine rings is 1. The molecule has 134 valence electrons. The van der Waals surface area contributed by atoms with Crippen molar-refractivity contribution < 1.29 is 14.0 Å². The number of hydrogen-bond donors (Lipinski definition) is 1. The van der Waals surface area contributed by atoms with Crippen molar-refractivity contribution in [2.45, 2.75) is 19.3 Å². The number of hydrogen-bond acceptors (Lipinski definition) is 3. The maximum atomic E-state index is 13.0. The quantitative estimate of drug-likeness (QED) is 0.884. The zero-order valence-electron chi connectivity index (χ0n) is 14.3. The Labute approximate surface area is 147 Å². The summed E-state index contributed by atoms with van der Waals surface area (Å²) in [6.45, 7) is 4.31. The minimum absolute atomic E-state index is 0.0895. The lowest BCUT2D eigenvalue weighted by Crippen LogP contribution is -2.51. The summed E-state index contributed by atoms with van der Waals surface area (Å²) in [5, 5.41) is 3.36. The molecular formula is C19H24FN3O2. The van der Waals surface area contributed by atoms with Gasteiger partial charge in [-0.2, -0.15) is 0 Å². The molecule has 2 amide bonds. The molecule has 1 aliphatic carbocycles. The second kappa shape index (κ2) is 6.41. The highest BCUT2D eigenvalue weighted by Crippen LogP contribution is 2.59. The average molecular weight is 345 g/mol. The van der Waals surface area contributed by atoms with Crippen molar-refractivity contribution in [2.75, 3.05) is 39.3 Å². The van der Waals surface area contributed by atoms with E-state index < -0.39 is 0 Å². The summed E-state index contributed by atoms with van der Waals surface area (Å²) in [7, 11) is 0. The molecule has 6 heteroatoms. The molecule has 0 radical (unpaired) electrons. The third-order valence-electron chi connectivity index (χ3n) is 6.06. The SMILES string of the molecule is O=C(c1ccc(F)cc1)N1CCN(C(=O)C2CC23CCNCC3)CC1. The molecule has 2 heterocycles. The first-order valence-corrected chi connectivity index (χ1v) is 9.13. The lowest BCUT2D eigenvalue weighted by molar-refractivity contribution is -0.135. The first kappa shape index (κ1) is 16.5. The lowest BCUT2D eigenvalue weighted by atomic mass is 9.91. The molecule has 4 rings (SSSR count). The van der Waals surface area contributed by atoms with Crippen molar-refractivity contribution in [3.63, 3.8) is 0 Å². The van der Waals surface area contributed by atoms with E-state index >= 15 is 0 Å². The molecule has 5 nitrogen and oxygen atoms in total. The van der Waals surface area contributed by atoms with E-state index in [1.54, 1.807) is 4.90 Å². The number of halogens is 1. The van der Waals surface area contributed by atoms with Crippen LogP contribution in [0, 0.1) is 17.2 Å².